The van der Waals surface area contributed by atoms with Crippen molar-refractivity contribution in [3.8, 4) is 0 Å². The Kier molecular flexibility index (Phi) is 5.16. The lowest BCUT2D eigenvalue weighted by Gasteiger charge is -2.31. The van der Waals surface area contributed by atoms with E-state index in [1.165, 1.54) is 12.8 Å². The van der Waals surface area contributed by atoms with Crippen molar-refractivity contribution >= 4 is 0 Å². The van der Waals surface area contributed by atoms with E-state index in [-0.39, 0.29) is 5.41 Å². The van der Waals surface area contributed by atoms with Gasteiger partial charge in [-0.2, -0.15) is 4.98 Å². The normalized spacial score (nSPS) is 18.6. The third kappa shape index (κ3) is 4.28. The minimum atomic E-state index is -0.0654. The van der Waals surface area contributed by atoms with E-state index in [1.807, 2.05) is 0 Å². The van der Waals surface area contributed by atoms with Gasteiger partial charge >= 0.3 is 0 Å². The summed E-state index contributed by atoms with van der Waals surface area (Å²) in [5, 5.41) is 7.55. The molecule has 5 nitrogen and oxygen atoms in total. The zero-order chi connectivity index (χ0) is 14.6. The fraction of sp³-hybridized carbons (Fsp3) is 0.867. The molecule has 0 aliphatic carbocycles. The molecule has 0 bridgehead atoms. The van der Waals surface area contributed by atoms with Crippen molar-refractivity contribution in [3.63, 3.8) is 0 Å². The number of hydrogen-bond acceptors (Lipinski definition) is 5. The summed E-state index contributed by atoms with van der Waals surface area (Å²) in [5.74, 6) is 2.37. The van der Waals surface area contributed by atoms with Crippen molar-refractivity contribution in [2.45, 2.75) is 52.5 Å². The molecule has 0 radical (unpaired) electrons. The van der Waals surface area contributed by atoms with Crippen LogP contribution in [0.2, 0.25) is 0 Å². The first-order valence-electron chi connectivity index (χ1n) is 7.75. The number of aromatic nitrogens is 2. The summed E-state index contributed by atoms with van der Waals surface area (Å²) < 4.78 is 5.35. The topological polar surface area (TPSA) is 54.2 Å². The Morgan fingerprint density at radius 2 is 2.00 bits per heavy atom. The third-order valence-corrected chi connectivity index (χ3v) is 3.86. The van der Waals surface area contributed by atoms with Crippen LogP contribution >= 0.6 is 0 Å². The summed E-state index contributed by atoms with van der Waals surface area (Å²) in [6.07, 6.45) is 2.52. The van der Waals surface area contributed by atoms with Crippen molar-refractivity contribution in [2.24, 2.45) is 5.92 Å². The highest BCUT2D eigenvalue weighted by atomic mass is 16.5. The Labute approximate surface area is 122 Å². The fourth-order valence-corrected chi connectivity index (χ4v) is 2.52. The smallest absolute Gasteiger partial charge is 0.232 e. The Balaban J connectivity index is 1.79. The molecule has 1 saturated heterocycles. The van der Waals surface area contributed by atoms with Gasteiger partial charge in [0.2, 0.25) is 5.89 Å². The van der Waals surface area contributed by atoms with E-state index in [2.05, 4.69) is 48.1 Å². The van der Waals surface area contributed by atoms with Crippen molar-refractivity contribution in [2.75, 3.05) is 26.2 Å². The lowest BCUT2D eigenvalue weighted by Crippen LogP contribution is -2.37. The van der Waals surface area contributed by atoms with Gasteiger partial charge in [-0.3, -0.25) is 4.90 Å². The molecule has 1 aliphatic heterocycles. The van der Waals surface area contributed by atoms with Gasteiger partial charge in [-0.1, -0.05) is 32.9 Å². The Hall–Kier alpha value is -0.940. The second-order valence-electron chi connectivity index (χ2n) is 6.79. The number of hydrogen-bond donors (Lipinski definition) is 1. The molecule has 0 atom stereocenters. The van der Waals surface area contributed by atoms with E-state index in [1.54, 1.807) is 0 Å². The molecular weight excluding hydrogens is 252 g/mol. The molecule has 2 rings (SSSR count). The molecule has 20 heavy (non-hydrogen) atoms. The Morgan fingerprint density at radius 3 is 2.55 bits per heavy atom. The molecule has 0 unspecified atom stereocenters. The number of nitrogens with one attached hydrogen (secondary N) is 1. The van der Waals surface area contributed by atoms with Crippen LogP contribution in [0.5, 0.6) is 0 Å². The SMILES string of the molecule is CCNCC1CCN(Cc2noc(C(C)(C)C)n2)CC1. The summed E-state index contributed by atoms with van der Waals surface area (Å²) in [6, 6.07) is 0. The quantitative estimate of drug-likeness (QED) is 0.896. The molecule has 1 aliphatic rings. The summed E-state index contributed by atoms with van der Waals surface area (Å²) >= 11 is 0. The summed E-state index contributed by atoms with van der Waals surface area (Å²) in [5.41, 5.74) is -0.0654. The van der Waals surface area contributed by atoms with Gasteiger partial charge in [0.15, 0.2) is 5.82 Å². The average Bonchev–Trinajstić information content (AvgIpc) is 2.86. The van der Waals surface area contributed by atoms with Crippen molar-refractivity contribution in [1.82, 2.24) is 20.4 Å². The summed E-state index contributed by atoms with van der Waals surface area (Å²) in [7, 11) is 0. The van der Waals surface area contributed by atoms with Crippen LogP contribution in [0, 0.1) is 5.92 Å². The first-order chi connectivity index (χ1) is 9.49. The minimum Gasteiger partial charge on any atom is -0.339 e. The maximum absolute atomic E-state index is 5.35. The molecule has 0 amide bonds. The van der Waals surface area contributed by atoms with Crippen LogP contribution in [0.4, 0.5) is 0 Å². The lowest BCUT2D eigenvalue weighted by atomic mass is 9.96. The summed E-state index contributed by atoms with van der Waals surface area (Å²) in [6.45, 7) is 13.7. The van der Waals surface area contributed by atoms with Crippen molar-refractivity contribution < 1.29 is 4.52 Å². The third-order valence-electron chi connectivity index (χ3n) is 3.86. The number of piperidine rings is 1. The molecule has 2 heterocycles. The van der Waals surface area contributed by atoms with E-state index in [9.17, 15) is 0 Å². The van der Waals surface area contributed by atoms with Gasteiger partial charge in [0.1, 0.15) is 0 Å². The highest BCUT2D eigenvalue weighted by Gasteiger charge is 2.24. The van der Waals surface area contributed by atoms with Gasteiger partial charge in [0, 0.05) is 5.41 Å². The molecule has 0 saturated carbocycles. The second-order valence-corrected chi connectivity index (χ2v) is 6.79. The van der Waals surface area contributed by atoms with Crippen LogP contribution in [-0.4, -0.2) is 41.2 Å². The first-order valence-corrected chi connectivity index (χ1v) is 7.75. The lowest BCUT2D eigenvalue weighted by molar-refractivity contribution is 0.170. The molecule has 1 N–H and O–H groups in total. The molecule has 1 fully saturated rings. The predicted octanol–water partition coefficient (Wildman–Crippen LogP) is 2.19. The van der Waals surface area contributed by atoms with Crippen LogP contribution in [0.1, 0.15) is 52.3 Å². The highest BCUT2D eigenvalue weighted by molar-refractivity contribution is 4.98. The standard InChI is InChI=1S/C15H28N4O/c1-5-16-10-12-6-8-19(9-7-12)11-13-17-14(20-18-13)15(2,3)4/h12,16H,5-11H2,1-4H3. The van der Waals surface area contributed by atoms with E-state index in [4.69, 9.17) is 4.52 Å². The van der Waals surface area contributed by atoms with E-state index in [0.29, 0.717) is 0 Å². The van der Waals surface area contributed by atoms with Gasteiger partial charge < -0.3 is 9.84 Å². The fourth-order valence-electron chi connectivity index (χ4n) is 2.52. The van der Waals surface area contributed by atoms with Gasteiger partial charge in [-0.25, -0.2) is 0 Å². The van der Waals surface area contributed by atoms with Crippen LogP contribution in [-0.2, 0) is 12.0 Å². The van der Waals surface area contributed by atoms with E-state index < -0.39 is 0 Å². The molecule has 0 spiro atoms. The molecule has 0 aromatic carbocycles. The second kappa shape index (κ2) is 6.68. The maximum atomic E-state index is 5.35. The number of nitrogens with zero attached hydrogens (tertiary/aromatic N) is 3. The Morgan fingerprint density at radius 1 is 1.30 bits per heavy atom. The van der Waals surface area contributed by atoms with Crippen LogP contribution in [0.25, 0.3) is 0 Å². The maximum Gasteiger partial charge on any atom is 0.232 e. The first kappa shape index (κ1) is 15.4. The highest BCUT2D eigenvalue weighted by Crippen LogP contribution is 2.21. The van der Waals surface area contributed by atoms with Gasteiger partial charge in [-0.05, 0) is 44.9 Å². The molecule has 5 heteroatoms. The van der Waals surface area contributed by atoms with Crippen LogP contribution < -0.4 is 5.32 Å². The predicted molar refractivity (Wildman–Crippen MR) is 79.5 cm³/mol. The van der Waals surface area contributed by atoms with Gasteiger partial charge in [-0.15, -0.1) is 0 Å². The van der Waals surface area contributed by atoms with Gasteiger partial charge in [0.25, 0.3) is 0 Å². The largest absolute Gasteiger partial charge is 0.339 e. The molecule has 114 valence electrons. The van der Waals surface area contributed by atoms with E-state index in [0.717, 1.165) is 50.4 Å². The van der Waals surface area contributed by atoms with E-state index >= 15 is 0 Å². The monoisotopic (exact) mass is 280 g/mol. The summed E-state index contributed by atoms with van der Waals surface area (Å²) in [4.78, 5) is 6.94. The molecule has 1 aromatic rings. The molecule has 1 aromatic heterocycles. The van der Waals surface area contributed by atoms with Crippen molar-refractivity contribution in [3.05, 3.63) is 11.7 Å². The average molecular weight is 280 g/mol. The molecular formula is C15H28N4O. The van der Waals surface area contributed by atoms with Gasteiger partial charge in [0.05, 0.1) is 6.54 Å². The van der Waals surface area contributed by atoms with Crippen LogP contribution in [0.3, 0.4) is 0 Å². The minimum absolute atomic E-state index is 0.0654. The van der Waals surface area contributed by atoms with Crippen LogP contribution in [0.15, 0.2) is 4.52 Å². The zero-order valence-corrected chi connectivity index (χ0v) is 13.3. The number of likely N-dealkylation sites (tertiary alicyclic amines) is 1. The number of rotatable bonds is 5. The Bertz CT molecular complexity index is 402. The zero-order valence-electron chi connectivity index (χ0n) is 13.3. The van der Waals surface area contributed by atoms with Crippen molar-refractivity contribution in [1.29, 1.82) is 0 Å².